The van der Waals surface area contributed by atoms with E-state index < -0.39 is 0 Å². The van der Waals surface area contributed by atoms with Gasteiger partial charge >= 0.3 is 0 Å². The Hall–Kier alpha value is -0.860. The maximum atomic E-state index is 3.32. The summed E-state index contributed by atoms with van der Waals surface area (Å²) in [6, 6.07) is 8.90. The Labute approximate surface area is 93.1 Å². The number of hydrogen-bond acceptors (Lipinski definition) is 2. The Morgan fingerprint density at radius 1 is 1.20 bits per heavy atom. The summed E-state index contributed by atoms with van der Waals surface area (Å²) >= 11 is 0. The van der Waals surface area contributed by atoms with Crippen LogP contribution in [0, 0.1) is 6.92 Å². The SMILES string of the molecule is Cc1cccc(C(C)NNC(C)(C)C)c1. The van der Waals surface area contributed by atoms with Gasteiger partial charge in [0.1, 0.15) is 0 Å². The Morgan fingerprint density at radius 2 is 1.87 bits per heavy atom. The summed E-state index contributed by atoms with van der Waals surface area (Å²) in [6.45, 7) is 10.7. The molecule has 0 amide bonds. The van der Waals surface area contributed by atoms with Crippen molar-refractivity contribution < 1.29 is 0 Å². The van der Waals surface area contributed by atoms with Gasteiger partial charge < -0.3 is 0 Å². The highest BCUT2D eigenvalue weighted by atomic mass is 15.4. The zero-order valence-corrected chi connectivity index (χ0v) is 10.4. The molecule has 15 heavy (non-hydrogen) atoms. The summed E-state index contributed by atoms with van der Waals surface area (Å²) in [5.74, 6) is 0. The van der Waals surface area contributed by atoms with Crippen LogP contribution in [0.25, 0.3) is 0 Å². The van der Waals surface area contributed by atoms with E-state index in [1.54, 1.807) is 0 Å². The van der Waals surface area contributed by atoms with E-state index in [9.17, 15) is 0 Å². The molecule has 2 heteroatoms. The summed E-state index contributed by atoms with van der Waals surface area (Å²) in [5.41, 5.74) is 9.32. The number of rotatable bonds is 3. The van der Waals surface area contributed by atoms with E-state index in [0.717, 1.165) is 0 Å². The monoisotopic (exact) mass is 206 g/mol. The molecule has 0 aliphatic rings. The standard InChI is InChI=1S/C13H22N2/c1-10-7-6-8-12(9-10)11(2)14-15-13(3,4)5/h6-9,11,14-15H,1-5H3. The maximum absolute atomic E-state index is 3.32. The first-order chi connectivity index (χ1) is 6.88. The van der Waals surface area contributed by atoms with Crippen molar-refractivity contribution in [2.75, 3.05) is 0 Å². The summed E-state index contributed by atoms with van der Waals surface area (Å²) in [4.78, 5) is 0. The van der Waals surface area contributed by atoms with Crippen molar-refractivity contribution in [3.05, 3.63) is 35.4 Å². The topological polar surface area (TPSA) is 24.1 Å². The first kappa shape index (κ1) is 12.2. The summed E-state index contributed by atoms with van der Waals surface area (Å²) in [6.07, 6.45) is 0. The fourth-order valence-corrected chi connectivity index (χ4v) is 1.35. The summed E-state index contributed by atoms with van der Waals surface area (Å²) in [7, 11) is 0. The molecule has 1 unspecified atom stereocenters. The molecule has 1 aromatic rings. The van der Waals surface area contributed by atoms with E-state index in [1.807, 2.05) is 0 Å². The lowest BCUT2D eigenvalue weighted by Crippen LogP contribution is -2.46. The Balaban J connectivity index is 2.58. The van der Waals surface area contributed by atoms with Crippen LogP contribution >= 0.6 is 0 Å². The van der Waals surface area contributed by atoms with Gasteiger partial charge in [0.15, 0.2) is 0 Å². The molecular formula is C13H22N2. The highest BCUT2D eigenvalue weighted by Gasteiger charge is 2.11. The van der Waals surface area contributed by atoms with E-state index in [1.165, 1.54) is 11.1 Å². The molecule has 0 heterocycles. The van der Waals surface area contributed by atoms with Crippen molar-refractivity contribution in [1.29, 1.82) is 0 Å². The molecule has 0 aromatic heterocycles. The second-order valence-electron chi connectivity index (χ2n) is 5.16. The minimum absolute atomic E-state index is 0.0953. The largest absolute Gasteiger partial charge is 0.252 e. The van der Waals surface area contributed by atoms with Crippen molar-refractivity contribution in [3.8, 4) is 0 Å². The third kappa shape index (κ3) is 4.45. The Kier molecular flexibility index (Phi) is 3.89. The zero-order chi connectivity index (χ0) is 11.5. The van der Waals surface area contributed by atoms with Crippen LogP contribution in [0.3, 0.4) is 0 Å². The fourth-order valence-electron chi connectivity index (χ4n) is 1.35. The normalized spacial score (nSPS) is 13.9. The predicted octanol–water partition coefficient (Wildman–Crippen LogP) is 2.95. The van der Waals surface area contributed by atoms with Crippen LogP contribution in [0.2, 0.25) is 0 Å². The Bertz CT molecular complexity index is 313. The number of hydrogen-bond donors (Lipinski definition) is 2. The average Bonchev–Trinajstić information content (AvgIpc) is 2.13. The second kappa shape index (κ2) is 4.77. The molecule has 0 fully saturated rings. The molecule has 0 aliphatic heterocycles. The van der Waals surface area contributed by atoms with E-state index in [4.69, 9.17) is 0 Å². The van der Waals surface area contributed by atoms with Crippen molar-refractivity contribution in [2.45, 2.75) is 46.2 Å². The van der Waals surface area contributed by atoms with Crippen LogP contribution in [0.1, 0.15) is 44.9 Å². The third-order valence-electron chi connectivity index (χ3n) is 2.21. The van der Waals surface area contributed by atoms with E-state index >= 15 is 0 Å². The first-order valence-electron chi connectivity index (χ1n) is 5.48. The van der Waals surface area contributed by atoms with E-state index in [-0.39, 0.29) is 5.54 Å². The van der Waals surface area contributed by atoms with Crippen molar-refractivity contribution >= 4 is 0 Å². The van der Waals surface area contributed by atoms with Crippen LogP contribution in [-0.2, 0) is 0 Å². The second-order valence-corrected chi connectivity index (χ2v) is 5.16. The number of nitrogens with one attached hydrogen (secondary N) is 2. The quantitative estimate of drug-likeness (QED) is 0.743. The van der Waals surface area contributed by atoms with Crippen LogP contribution in [0.4, 0.5) is 0 Å². The van der Waals surface area contributed by atoms with Gasteiger partial charge in [-0.25, -0.2) is 0 Å². The number of aryl methyl sites for hydroxylation is 1. The zero-order valence-electron chi connectivity index (χ0n) is 10.4. The minimum Gasteiger partial charge on any atom is -0.252 e. The van der Waals surface area contributed by atoms with Gasteiger partial charge in [0, 0.05) is 11.6 Å². The van der Waals surface area contributed by atoms with Crippen molar-refractivity contribution in [3.63, 3.8) is 0 Å². The van der Waals surface area contributed by atoms with E-state index in [0.29, 0.717) is 6.04 Å². The van der Waals surface area contributed by atoms with Gasteiger partial charge in [0.25, 0.3) is 0 Å². The van der Waals surface area contributed by atoms with Gasteiger partial charge in [-0.2, -0.15) is 0 Å². The molecule has 0 saturated heterocycles. The van der Waals surface area contributed by atoms with Gasteiger partial charge in [-0.1, -0.05) is 29.8 Å². The minimum atomic E-state index is 0.0953. The summed E-state index contributed by atoms with van der Waals surface area (Å²) in [5, 5.41) is 0. The van der Waals surface area contributed by atoms with Crippen LogP contribution in [0.5, 0.6) is 0 Å². The molecule has 1 atom stereocenters. The van der Waals surface area contributed by atoms with Gasteiger partial charge in [0.05, 0.1) is 0 Å². The van der Waals surface area contributed by atoms with E-state index in [2.05, 4.69) is 69.7 Å². The van der Waals surface area contributed by atoms with Crippen molar-refractivity contribution in [2.24, 2.45) is 0 Å². The molecule has 0 aliphatic carbocycles. The average molecular weight is 206 g/mol. The molecule has 1 rings (SSSR count). The van der Waals surface area contributed by atoms with Crippen LogP contribution < -0.4 is 10.9 Å². The summed E-state index contributed by atoms with van der Waals surface area (Å²) < 4.78 is 0. The fraction of sp³-hybridized carbons (Fsp3) is 0.538. The molecule has 0 radical (unpaired) electrons. The lowest BCUT2D eigenvalue weighted by molar-refractivity contribution is 0.327. The van der Waals surface area contributed by atoms with Gasteiger partial charge in [-0.15, -0.1) is 0 Å². The van der Waals surface area contributed by atoms with Gasteiger partial charge in [-0.05, 0) is 40.2 Å². The highest BCUT2D eigenvalue weighted by Crippen LogP contribution is 2.13. The molecule has 1 aromatic carbocycles. The molecule has 2 N–H and O–H groups in total. The molecule has 0 saturated carbocycles. The Morgan fingerprint density at radius 3 is 2.40 bits per heavy atom. The molecule has 2 nitrogen and oxygen atoms in total. The predicted molar refractivity (Wildman–Crippen MR) is 65.6 cm³/mol. The lowest BCUT2D eigenvalue weighted by Gasteiger charge is -2.25. The van der Waals surface area contributed by atoms with Crippen LogP contribution in [-0.4, -0.2) is 5.54 Å². The van der Waals surface area contributed by atoms with Gasteiger partial charge in [0.2, 0.25) is 0 Å². The molecule has 0 bridgehead atoms. The maximum Gasteiger partial charge on any atom is 0.0434 e. The third-order valence-corrected chi connectivity index (χ3v) is 2.21. The van der Waals surface area contributed by atoms with Crippen molar-refractivity contribution in [1.82, 2.24) is 10.9 Å². The van der Waals surface area contributed by atoms with Crippen LogP contribution in [0.15, 0.2) is 24.3 Å². The first-order valence-corrected chi connectivity index (χ1v) is 5.48. The lowest BCUT2D eigenvalue weighted by atomic mass is 10.1. The molecule has 84 valence electrons. The van der Waals surface area contributed by atoms with Gasteiger partial charge in [-0.3, -0.25) is 10.9 Å². The smallest absolute Gasteiger partial charge is 0.0434 e. The molecular weight excluding hydrogens is 184 g/mol. The highest BCUT2D eigenvalue weighted by molar-refractivity contribution is 5.24. The number of hydrazine groups is 1. The molecule has 0 spiro atoms. The number of benzene rings is 1.